The number of carbonyl (C=O) groups is 1. The SMILES string of the molecule is COc1cc(/C=N\NC(=O)COc2ccc(Cl)c(C)c2)cc(Cl)c1OC. The van der Waals surface area contributed by atoms with E-state index in [1.165, 1.54) is 20.4 Å². The van der Waals surface area contributed by atoms with Gasteiger partial charge in [-0.25, -0.2) is 5.43 Å². The number of halogens is 2. The Morgan fingerprint density at radius 1 is 1.15 bits per heavy atom. The molecule has 0 aliphatic heterocycles. The molecular formula is C18H18Cl2N2O4. The number of methoxy groups -OCH3 is 2. The predicted molar refractivity (Wildman–Crippen MR) is 102 cm³/mol. The summed E-state index contributed by atoms with van der Waals surface area (Å²) in [7, 11) is 3.01. The van der Waals surface area contributed by atoms with Crippen LogP contribution in [0.1, 0.15) is 11.1 Å². The normalized spacial score (nSPS) is 10.7. The van der Waals surface area contributed by atoms with Crippen LogP contribution >= 0.6 is 23.2 Å². The molecule has 2 rings (SSSR count). The van der Waals surface area contributed by atoms with Gasteiger partial charge >= 0.3 is 0 Å². The number of nitrogens with zero attached hydrogens (tertiary/aromatic N) is 1. The first-order valence-electron chi connectivity index (χ1n) is 7.57. The summed E-state index contributed by atoms with van der Waals surface area (Å²) in [6.07, 6.45) is 1.44. The molecule has 1 N–H and O–H groups in total. The molecule has 0 spiro atoms. The second-order valence-corrected chi connectivity index (χ2v) is 6.05. The van der Waals surface area contributed by atoms with Crippen LogP contribution in [0.15, 0.2) is 35.4 Å². The first-order valence-corrected chi connectivity index (χ1v) is 8.32. The van der Waals surface area contributed by atoms with Crippen LogP contribution in [-0.4, -0.2) is 32.9 Å². The highest BCUT2D eigenvalue weighted by molar-refractivity contribution is 6.32. The topological polar surface area (TPSA) is 69.2 Å². The zero-order chi connectivity index (χ0) is 19.1. The van der Waals surface area contributed by atoms with E-state index < -0.39 is 5.91 Å². The fraction of sp³-hybridized carbons (Fsp3) is 0.222. The molecule has 2 aromatic rings. The highest BCUT2D eigenvalue weighted by Gasteiger charge is 2.10. The Bertz CT molecular complexity index is 825. The number of hydrazone groups is 1. The average Bonchev–Trinajstić information content (AvgIpc) is 2.62. The van der Waals surface area contributed by atoms with Crippen LogP contribution in [0.4, 0.5) is 0 Å². The van der Waals surface area contributed by atoms with Crippen molar-refractivity contribution < 1.29 is 19.0 Å². The first-order chi connectivity index (χ1) is 12.4. The summed E-state index contributed by atoms with van der Waals surface area (Å²) in [6.45, 7) is 1.68. The maximum Gasteiger partial charge on any atom is 0.277 e. The Hall–Kier alpha value is -2.44. The third-order valence-corrected chi connectivity index (χ3v) is 4.06. The summed E-state index contributed by atoms with van der Waals surface area (Å²) in [5.41, 5.74) is 3.89. The van der Waals surface area contributed by atoms with E-state index in [4.69, 9.17) is 37.4 Å². The van der Waals surface area contributed by atoms with Gasteiger partial charge in [-0.15, -0.1) is 0 Å². The molecule has 26 heavy (non-hydrogen) atoms. The standard InChI is InChI=1S/C18H18Cl2N2O4/c1-11-6-13(4-5-14(11)19)26-10-17(23)22-21-9-12-7-15(20)18(25-3)16(8-12)24-2/h4-9H,10H2,1-3H3,(H,22,23)/b21-9-. The summed E-state index contributed by atoms with van der Waals surface area (Å²) in [5.74, 6) is 1.05. The van der Waals surface area contributed by atoms with E-state index in [1.807, 2.05) is 6.92 Å². The Kier molecular flexibility index (Phi) is 7.12. The lowest BCUT2D eigenvalue weighted by molar-refractivity contribution is -0.123. The molecule has 138 valence electrons. The number of hydrogen-bond donors (Lipinski definition) is 1. The van der Waals surface area contributed by atoms with E-state index in [0.29, 0.717) is 32.9 Å². The van der Waals surface area contributed by atoms with Gasteiger partial charge < -0.3 is 14.2 Å². The number of aryl methyl sites for hydroxylation is 1. The van der Waals surface area contributed by atoms with Gasteiger partial charge in [0.1, 0.15) is 5.75 Å². The third kappa shape index (κ3) is 5.28. The monoisotopic (exact) mass is 396 g/mol. The minimum Gasteiger partial charge on any atom is -0.493 e. The molecule has 0 bridgehead atoms. The van der Waals surface area contributed by atoms with Crippen molar-refractivity contribution in [3.63, 3.8) is 0 Å². The van der Waals surface area contributed by atoms with Crippen molar-refractivity contribution in [3.8, 4) is 17.2 Å². The maximum atomic E-state index is 11.8. The van der Waals surface area contributed by atoms with Crippen molar-refractivity contribution in [2.45, 2.75) is 6.92 Å². The van der Waals surface area contributed by atoms with Gasteiger partial charge in [-0.05, 0) is 48.4 Å². The van der Waals surface area contributed by atoms with E-state index >= 15 is 0 Å². The molecule has 8 heteroatoms. The lowest BCUT2D eigenvalue weighted by Crippen LogP contribution is -2.24. The zero-order valence-electron chi connectivity index (χ0n) is 14.5. The highest BCUT2D eigenvalue weighted by Crippen LogP contribution is 2.35. The molecule has 6 nitrogen and oxygen atoms in total. The fourth-order valence-corrected chi connectivity index (χ4v) is 2.49. The number of hydrogen-bond acceptors (Lipinski definition) is 5. The van der Waals surface area contributed by atoms with Gasteiger partial charge in [0, 0.05) is 5.02 Å². The summed E-state index contributed by atoms with van der Waals surface area (Å²) in [4.78, 5) is 11.8. The largest absolute Gasteiger partial charge is 0.493 e. The predicted octanol–water partition coefficient (Wildman–Crippen LogP) is 3.85. The third-order valence-electron chi connectivity index (χ3n) is 3.36. The summed E-state index contributed by atoms with van der Waals surface area (Å²) < 4.78 is 15.8. The number of benzene rings is 2. The van der Waals surface area contributed by atoms with Crippen molar-refractivity contribution in [2.75, 3.05) is 20.8 Å². The van der Waals surface area contributed by atoms with E-state index in [0.717, 1.165) is 5.56 Å². The van der Waals surface area contributed by atoms with E-state index in [2.05, 4.69) is 10.5 Å². The van der Waals surface area contributed by atoms with Crippen LogP contribution in [0.25, 0.3) is 0 Å². The van der Waals surface area contributed by atoms with Crippen LogP contribution in [0.2, 0.25) is 10.0 Å². The zero-order valence-corrected chi connectivity index (χ0v) is 16.0. The Morgan fingerprint density at radius 3 is 2.58 bits per heavy atom. The molecule has 0 aliphatic rings. The minimum atomic E-state index is -0.402. The average molecular weight is 397 g/mol. The molecule has 0 aromatic heterocycles. The van der Waals surface area contributed by atoms with E-state index in [1.54, 1.807) is 30.3 Å². The van der Waals surface area contributed by atoms with Crippen molar-refractivity contribution in [3.05, 3.63) is 51.5 Å². The molecule has 0 atom stereocenters. The molecule has 0 saturated carbocycles. The Morgan fingerprint density at radius 2 is 1.92 bits per heavy atom. The van der Waals surface area contributed by atoms with Crippen LogP contribution in [-0.2, 0) is 4.79 Å². The van der Waals surface area contributed by atoms with E-state index in [-0.39, 0.29) is 6.61 Å². The molecular weight excluding hydrogens is 379 g/mol. The van der Waals surface area contributed by atoms with E-state index in [9.17, 15) is 4.79 Å². The quantitative estimate of drug-likeness (QED) is 0.569. The van der Waals surface area contributed by atoms with Gasteiger partial charge in [-0.1, -0.05) is 23.2 Å². The van der Waals surface area contributed by atoms with Gasteiger partial charge in [-0.2, -0.15) is 5.10 Å². The van der Waals surface area contributed by atoms with Gasteiger partial charge in [0.25, 0.3) is 5.91 Å². The molecule has 0 aliphatic carbocycles. The maximum absolute atomic E-state index is 11.8. The number of carbonyl (C=O) groups excluding carboxylic acids is 1. The lowest BCUT2D eigenvalue weighted by Gasteiger charge is -2.10. The number of nitrogens with one attached hydrogen (secondary N) is 1. The Labute approximate surface area is 161 Å². The summed E-state index contributed by atoms with van der Waals surface area (Å²) >= 11 is 12.1. The highest BCUT2D eigenvalue weighted by atomic mass is 35.5. The molecule has 0 radical (unpaired) electrons. The molecule has 0 saturated heterocycles. The number of rotatable bonds is 7. The van der Waals surface area contributed by atoms with Gasteiger partial charge in [0.15, 0.2) is 18.1 Å². The van der Waals surface area contributed by atoms with Crippen molar-refractivity contribution >= 4 is 35.3 Å². The fourth-order valence-electron chi connectivity index (χ4n) is 2.08. The lowest BCUT2D eigenvalue weighted by atomic mass is 10.2. The van der Waals surface area contributed by atoms with Gasteiger partial charge in [0.05, 0.1) is 25.5 Å². The molecule has 2 aromatic carbocycles. The number of amides is 1. The van der Waals surface area contributed by atoms with Crippen LogP contribution < -0.4 is 19.6 Å². The van der Waals surface area contributed by atoms with Crippen molar-refractivity contribution in [1.82, 2.24) is 5.43 Å². The van der Waals surface area contributed by atoms with Crippen LogP contribution in [0.5, 0.6) is 17.2 Å². The molecule has 0 fully saturated rings. The van der Waals surface area contributed by atoms with Crippen molar-refractivity contribution in [1.29, 1.82) is 0 Å². The van der Waals surface area contributed by atoms with Gasteiger partial charge in [0.2, 0.25) is 0 Å². The Balaban J connectivity index is 1.92. The minimum absolute atomic E-state index is 0.175. The van der Waals surface area contributed by atoms with Gasteiger partial charge in [-0.3, -0.25) is 4.79 Å². The van der Waals surface area contributed by atoms with Crippen LogP contribution in [0, 0.1) is 6.92 Å². The molecule has 0 heterocycles. The molecule has 0 unspecified atom stereocenters. The smallest absolute Gasteiger partial charge is 0.277 e. The first kappa shape index (κ1) is 19.9. The van der Waals surface area contributed by atoms with Crippen LogP contribution in [0.3, 0.4) is 0 Å². The second-order valence-electron chi connectivity index (χ2n) is 5.23. The summed E-state index contributed by atoms with van der Waals surface area (Å²) in [5, 5.41) is 4.89. The molecule has 1 amide bonds. The second kappa shape index (κ2) is 9.31. The summed E-state index contributed by atoms with van der Waals surface area (Å²) in [6, 6.07) is 8.49. The van der Waals surface area contributed by atoms with Crippen molar-refractivity contribution in [2.24, 2.45) is 5.10 Å². The number of ether oxygens (including phenoxy) is 3.